The minimum atomic E-state index is -1.38. The molecular formula is C32H34N3O4S3+. The number of methoxy groups -OCH3 is 1. The highest BCUT2D eigenvalue weighted by Crippen LogP contribution is 2.48. The lowest BCUT2D eigenvalue weighted by Gasteiger charge is -2.31. The van der Waals surface area contributed by atoms with Gasteiger partial charge in [0, 0.05) is 38.3 Å². The summed E-state index contributed by atoms with van der Waals surface area (Å²) < 4.78 is 24.5. The SMILES string of the molecule is CCOC(Cn1c(=Cc2sc3ccccc3[n+]2CC)sc(=C2Sc3c(ccc4ccccc34)N2C)c1=O)(OC)OCC. The number of aryl methyl sites for hydroxylation is 1. The number of thioether (sulfide) groups is 1. The number of aromatic nitrogens is 2. The molecular weight excluding hydrogens is 587 g/mol. The molecule has 0 radical (unpaired) electrons. The normalized spacial score (nSPS) is 15.4. The number of nitrogens with zero attached hydrogens (tertiary/aromatic N) is 3. The summed E-state index contributed by atoms with van der Waals surface area (Å²) in [5.41, 5.74) is 2.18. The van der Waals surface area contributed by atoms with Gasteiger partial charge in [0.05, 0.1) is 11.8 Å². The highest BCUT2D eigenvalue weighted by Gasteiger charge is 2.35. The van der Waals surface area contributed by atoms with Crippen LogP contribution in [0.15, 0.2) is 70.4 Å². The van der Waals surface area contributed by atoms with Crippen molar-refractivity contribution in [2.45, 2.75) is 44.7 Å². The van der Waals surface area contributed by atoms with Crippen molar-refractivity contribution < 1.29 is 18.8 Å². The lowest BCUT2D eigenvalue weighted by atomic mass is 10.1. The van der Waals surface area contributed by atoms with Crippen LogP contribution in [-0.2, 0) is 27.3 Å². The Morgan fingerprint density at radius 1 is 0.952 bits per heavy atom. The van der Waals surface area contributed by atoms with Gasteiger partial charge in [-0.25, -0.2) is 0 Å². The fourth-order valence-corrected chi connectivity index (χ4v) is 9.20. The molecule has 0 N–H and O–H groups in total. The van der Waals surface area contributed by atoms with Gasteiger partial charge in [-0.3, -0.25) is 9.36 Å². The molecule has 218 valence electrons. The molecule has 7 nitrogen and oxygen atoms in total. The molecule has 0 aliphatic carbocycles. The molecule has 2 aromatic heterocycles. The molecule has 42 heavy (non-hydrogen) atoms. The maximum atomic E-state index is 14.4. The van der Waals surface area contributed by atoms with E-state index in [1.807, 2.05) is 20.9 Å². The van der Waals surface area contributed by atoms with Crippen molar-refractivity contribution in [3.8, 4) is 0 Å². The largest absolute Gasteiger partial charge is 0.337 e. The van der Waals surface area contributed by atoms with Crippen LogP contribution in [0.3, 0.4) is 0 Å². The van der Waals surface area contributed by atoms with Crippen LogP contribution in [0.5, 0.6) is 0 Å². The molecule has 0 unspecified atom stereocenters. The predicted octanol–water partition coefficient (Wildman–Crippen LogP) is 5.09. The second-order valence-electron chi connectivity index (χ2n) is 9.81. The molecule has 0 saturated carbocycles. The number of fused-ring (bicyclic) bond motifs is 4. The smallest absolute Gasteiger partial charge is 0.301 e. The molecule has 0 spiro atoms. The van der Waals surface area contributed by atoms with Crippen molar-refractivity contribution in [3.63, 3.8) is 0 Å². The van der Waals surface area contributed by atoms with Crippen LogP contribution in [0.25, 0.3) is 32.1 Å². The van der Waals surface area contributed by atoms with E-state index in [0.29, 0.717) is 17.7 Å². The summed E-state index contributed by atoms with van der Waals surface area (Å²) in [6, 6.07) is 21.1. The van der Waals surface area contributed by atoms with Gasteiger partial charge >= 0.3 is 5.97 Å². The molecule has 6 rings (SSSR count). The Hall–Kier alpha value is -2.99. The summed E-state index contributed by atoms with van der Waals surface area (Å²) in [4.78, 5) is 17.7. The first kappa shape index (κ1) is 29.1. The number of para-hydroxylation sites is 1. The summed E-state index contributed by atoms with van der Waals surface area (Å²) in [7, 11) is 3.59. The van der Waals surface area contributed by atoms with Gasteiger partial charge in [0.15, 0.2) is 0 Å². The average molecular weight is 621 g/mol. The summed E-state index contributed by atoms with van der Waals surface area (Å²) in [6.45, 7) is 7.60. The molecule has 0 fully saturated rings. The Kier molecular flexibility index (Phi) is 8.28. The van der Waals surface area contributed by atoms with Crippen molar-refractivity contribution >= 4 is 72.2 Å². The number of hydrogen-bond acceptors (Lipinski definition) is 8. The van der Waals surface area contributed by atoms with Crippen molar-refractivity contribution in [3.05, 3.63) is 85.2 Å². The monoisotopic (exact) mass is 620 g/mol. The Morgan fingerprint density at radius 3 is 2.43 bits per heavy atom. The van der Waals surface area contributed by atoms with E-state index < -0.39 is 5.97 Å². The second-order valence-corrected chi connectivity index (χ2v) is 12.9. The molecule has 0 saturated heterocycles. The zero-order valence-corrected chi connectivity index (χ0v) is 26.8. The van der Waals surface area contributed by atoms with Crippen LogP contribution in [0.1, 0.15) is 25.8 Å². The third-order valence-electron chi connectivity index (χ3n) is 7.42. The van der Waals surface area contributed by atoms with E-state index >= 15 is 0 Å². The van der Waals surface area contributed by atoms with E-state index in [9.17, 15) is 4.79 Å². The van der Waals surface area contributed by atoms with Gasteiger partial charge in [-0.2, -0.15) is 4.57 Å². The third-order valence-corrected chi connectivity index (χ3v) is 11.1. The van der Waals surface area contributed by atoms with E-state index in [-0.39, 0.29) is 12.1 Å². The van der Waals surface area contributed by atoms with Gasteiger partial charge in [-0.1, -0.05) is 65.6 Å². The number of hydrogen-bond donors (Lipinski definition) is 0. The minimum absolute atomic E-state index is 0.0947. The molecule has 0 atom stereocenters. The van der Waals surface area contributed by atoms with Crippen LogP contribution < -0.4 is 24.2 Å². The minimum Gasteiger partial charge on any atom is -0.337 e. The fraction of sp³-hybridized carbons (Fsp3) is 0.312. The Morgan fingerprint density at radius 2 is 1.69 bits per heavy atom. The zero-order valence-electron chi connectivity index (χ0n) is 24.4. The highest BCUT2D eigenvalue weighted by atomic mass is 32.2. The van der Waals surface area contributed by atoms with E-state index in [1.54, 1.807) is 34.8 Å². The number of rotatable bonds is 9. The number of ether oxygens (including phenoxy) is 3. The number of anilines is 1. The van der Waals surface area contributed by atoms with E-state index in [2.05, 4.69) is 83.1 Å². The van der Waals surface area contributed by atoms with Crippen LogP contribution >= 0.6 is 34.4 Å². The van der Waals surface area contributed by atoms with E-state index in [0.717, 1.165) is 26.9 Å². The van der Waals surface area contributed by atoms with Gasteiger partial charge in [-0.05, 0) is 43.7 Å². The van der Waals surface area contributed by atoms with Crippen LogP contribution in [0.2, 0.25) is 0 Å². The fourth-order valence-electron chi connectivity index (χ4n) is 5.44. The molecule has 10 heteroatoms. The molecule has 5 aromatic rings. The highest BCUT2D eigenvalue weighted by molar-refractivity contribution is 8.09. The third kappa shape index (κ3) is 5.00. The van der Waals surface area contributed by atoms with Crippen LogP contribution in [0.4, 0.5) is 5.69 Å². The molecule has 3 aromatic carbocycles. The standard InChI is InChI=1S/C32H34N3O4S3/c1-6-34-23-15-11-12-16-25(23)40-26(34)19-27-35(20-32(37-5,38-7-2)39-8-3)30(36)29(41-27)31-33(4)24-18-17-21-13-9-10-14-22(21)28(24)42-31/h9-19H,6-8,20H2,1-5H3/q+1. The number of benzene rings is 3. The maximum absolute atomic E-state index is 14.4. The van der Waals surface area contributed by atoms with E-state index in [4.69, 9.17) is 14.2 Å². The summed E-state index contributed by atoms with van der Waals surface area (Å²) in [5, 5.41) is 4.36. The van der Waals surface area contributed by atoms with Crippen LogP contribution in [0, 0.1) is 0 Å². The Balaban J connectivity index is 1.60. The summed E-state index contributed by atoms with van der Waals surface area (Å²) >= 11 is 4.87. The van der Waals surface area contributed by atoms with Gasteiger partial charge in [-0.15, -0.1) is 11.3 Å². The predicted molar refractivity (Wildman–Crippen MR) is 174 cm³/mol. The average Bonchev–Trinajstić information content (AvgIpc) is 3.64. The topological polar surface area (TPSA) is 56.8 Å². The first-order valence-corrected chi connectivity index (χ1v) is 16.5. The van der Waals surface area contributed by atoms with Gasteiger partial charge in [0.25, 0.3) is 10.6 Å². The zero-order chi connectivity index (χ0) is 29.4. The molecule has 1 aliphatic heterocycles. The lowest BCUT2D eigenvalue weighted by molar-refractivity contribution is -0.665. The summed E-state index contributed by atoms with van der Waals surface area (Å²) in [6.07, 6.45) is 2.12. The Labute approximate surface area is 256 Å². The maximum Gasteiger partial charge on any atom is 0.301 e. The molecule has 0 bridgehead atoms. The first-order valence-electron chi connectivity index (χ1n) is 14.1. The second kappa shape index (κ2) is 11.9. The van der Waals surface area contributed by atoms with Crippen molar-refractivity contribution in [1.29, 1.82) is 0 Å². The molecule has 3 heterocycles. The quantitative estimate of drug-likeness (QED) is 0.169. The molecule has 1 aliphatic rings. The van der Waals surface area contributed by atoms with E-state index in [1.165, 1.54) is 37.2 Å². The number of thiazole rings is 2. The van der Waals surface area contributed by atoms with Crippen LogP contribution in [-0.4, -0.2) is 37.9 Å². The Bertz CT molecular complexity index is 1950. The van der Waals surface area contributed by atoms with Gasteiger partial charge in [0.1, 0.15) is 32.0 Å². The van der Waals surface area contributed by atoms with Crippen molar-refractivity contribution in [2.24, 2.45) is 0 Å². The first-order chi connectivity index (χ1) is 20.4. The molecule has 0 amide bonds. The van der Waals surface area contributed by atoms with Gasteiger partial charge < -0.3 is 19.1 Å². The van der Waals surface area contributed by atoms with Crippen molar-refractivity contribution in [1.82, 2.24) is 4.57 Å². The van der Waals surface area contributed by atoms with Crippen molar-refractivity contribution in [2.75, 3.05) is 32.3 Å². The van der Waals surface area contributed by atoms with Gasteiger partial charge in [0.2, 0.25) is 5.52 Å². The lowest BCUT2D eigenvalue weighted by Crippen LogP contribution is -2.48. The summed E-state index contributed by atoms with van der Waals surface area (Å²) in [5.74, 6) is -1.38.